The Kier molecular flexibility index (Phi) is 5.56. The molecule has 162 valence electrons. The van der Waals surface area contributed by atoms with Crippen LogP contribution in [0.5, 0.6) is 17.2 Å². The molecule has 3 aromatic rings. The van der Waals surface area contributed by atoms with Crippen LogP contribution in [0, 0.1) is 18.3 Å². The molecule has 0 spiro atoms. The third-order valence-electron chi connectivity index (χ3n) is 5.50. The quantitative estimate of drug-likeness (QED) is 0.662. The zero-order valence-electron chi connectivity index (χ0n) is 18.0. The predicted molar refractivity (Wildman–Crippen MR) is 118 cm³/mol. The number of aromatic nitrogens is 2. The molecule has 0 saturated heterocycles. The molecule has 8 nitrogen and oxygen atoms in total. The number of benzene rings is 1. The Morgan fingerprint density at radius 1 is 1.25 bits per heavy atom. The fraction of sp³-hybridized carbons (Fsp3) is 0.208. The lowest BCUT2D eigenvalue weighted by atomic mass is 9.83. The molecule has 8 heteroatoms. The highest BCUT2D eigenvalue weighted by molar-refractivity contribution is 5.60. The molecule has 2 aromatic heterocycles. The molecule has 2 N–H and O–H groups in total. The number of aryl methyl sites for hydroxylation is 1. The summed E-state index contributed by atoms with van der Waals surface area (Å²) >= 11 is 0. The summed E-state index contributed by atoms with van der Waals surface area (Å²) in [5.74, 6) is 0.408. The summed E-state index contributed by atoms with van der Waals surface area (Å²) in [5.41, 5.74) is 8.44. The molecule has 32 heavy (non-hydrogen) atoms. The maximum absolute atomic E-state index is 13.8. The Hall–Kier alpha value is -4.25. The molecule has 4 rings (SSSR count). The number of methoxy groups -OCH3 is 2. The van der Waals surface area contributed by atoms with E-state index >= 15 is 0 Å². The van der Waals surface area contributed by atoms with Gasteiger partial charge in [0.15, 0.2) is 11.5 Å². The van der Waals surface area contributed by atoms with Gasteiger partial charge >= 0.3 is 0 Å². The van der Waals surface area contributed by atoms with Gasteiger partial charge in [-0.2, -0.15) is 5.26 Å². The summed E-state index contributed by atoms with van der Waals surface area (Å²) < 4.78 is 18.4. The van der Waals surface area contributed by atoms with Crippen LogP contribution in [0.3, 0.4) is 0 Å². The predicted octanol–water partition coefficient (Wildman–Crippen LogP) is 2.84. The van der Waals surface area contributed by atoms with Gasteiger partial charge in [-0.15, -0.1) is 0 Å². The molecule has 1 aliphatic heterocycles. The second-order valence-electron chi connectivity index (χ2n) is 7.32. The Morgan fingerprint density at radius 2 is 2.06 bits per heavy atom. The number of nitrogens with zero attached hydrogens (tertiary/aromatic N) is 3. The Labute approximate surface area is 185 Å². The molecule has 0 saturated carbocycles. The first-order chi connectivity index (χ1) is 15.5. The Bertz CT molecular complexity index is 1310. The van der Waals surface area contributed by atoms with Gasteiger partial charge in [-0.3, -0.25) is 9.78 Å². The number of hydrogen-bond acceptors (Lipinski definition) is 7. The van der Waals surface area contributed by atoms with Crippen LogP contribution in [0.1, 0.15) is 28.3 Å². The smallest absolute Gasteiger partial charge is 0.259 e. The molecule has 0 amide bonds. The van der Waals surface area contributed by atoms with Crippen LogP contribution < -0.4 is 25.5 Å². The maximum Gasteiger partial charge on any atom is 0.259 e. The summed E-state index contributed by atoms with van der Waals surface area (Å²) in [6.07, 6.45) is 3.39. The van der Waals surface area contributed by atoms with Crippen molar-refractivity contribution in [2.75, 3.05) is 14.2 Å². The summed E-state index contributed by atoms with van der Waals surface area (Å²) in [7, 11) is 3.04. The van der Waals surface area contributed by atoms with Gasteiger partial charge in [-0.05, 0) is 24.6 Å². The van der Waals surface area contributed by atoms with E-state index in [1.54, 1.807) is 41.2 Å². The van der Waals surface area contributed by atoms with Crippen molar-refractivity contribution in [3.05, 3.63) is 93.0 Å². The first-order valence-electron chi connectivity index (χ1n) is 9.91. The van der Waals surface area contributed by atoms with Crippen LogP contribution >= 0.6 is 0 Å². The normalized spacial score (nSPS) is 14.9. The third-order valence-corrected chi connectivity index (χ3v) is 5.50. The number of ether oxygens (including phenoxy) is 3. The molecule has 0 fully saturated rings. The van der Waals surface area contributed by atoms with Crippen molar-refractivity contribution in [1.82, 2.24) is 9.55 Å². The molecule has 0 radical (unpaired) electrons. The van der Waals surface area contributed by atoms with Crippen LogP contribution in [0.25, 0.3) is 0 Å². The molecular formula is C24H22N4O4. The lowest BCUT2D eigenvalue weighted by Crippen LogP contribution is -2.33. The summed E-state index contributed by atoms with van der Waals surface area (Å²) in [6.45, 7) is 2.15. The molecule has 0 bridgehead atoms. The lowest BCUT2D eigenvalue weighted by molar-refractivity contribution is 0.348. The van der Waals surface area contributed by atoms with E-state index in [9.17, 15) is 10.1 Å². The van der Waals surface area contributed by atoms with E-state index in [2.05, 4.69) is 11.1 Å². The Morgan fingerprint density at radius 3 is 2.72 bits per heavy atom. The van der Waals surface area contributed by atoms with Gasteiger partial charge < -0.3 is 24.5 Å². The van der Waals surface area contributed by atoms with E-state index in [1.807, 2.05) is 19.1 Å². The second-order valence-corrected chi connectivity index (χ2v) is 7.32. The van der Waals surface area contributed by atoms with E-state index in [-0.39, 0.29) is 17.0 Å². The first-order valence-corrected chi connectivity index (χ1v) is 9.91. The van der Waals surface area contributed by atoms with Crippen LogP contribution in [-0.2, 0) is 6.54 Å². The average molecular weight is 430 g/mol. The van der Waals surface area contributed by atoms with Gasteiger partial charge in [0.1, 0.15) is 17.4 Å². The maximum atomic E-state index is 13.8. The van der Waals surface area contributed by atoms with Gasteiger partial charge in [0.2, 0.25) is 5.88 Å². The SMILES string of the molecule is COc1cccc([C@H]2C(C#N)=C(N)Oc3cc(C)n(Cc4cccnc4)c(=O)c32)c1OC. The monoisotopic (exact) mass is 430 g/mol. The summed E-state index contributed by atoms with van der Waals surface area (Å²) in [4.78, 5) is 17.9. The van der Waals surface area contributed by atoms with E-state index in [0.717, 1.165) is 5.56 Å². The van der Waals surface area contributed by atoms with Crippen molar-refractivity contribution in [2.24, 2.45) is 5.73 Å². The molecule has 1 atom stereocenters. The third kappa shape index (κ3) is 3.44. The first kappa shape index (κ1) is 21.0. The van der Waals surface area contributed by atoms with Crippen LogP contribution in [-0.4, -0.2) is 23.8 Å². The van der Waals surface area contributed by atoms with E-state index in [1.165, 1.54) is 14.2 Å². The van der Waals surface area contributed by atoms with Crippen molar-refractivity contribution in [3.63, 3.8) is 0 Å². The lowest BCUT2D eigenvalue weighted by Gasteiger charge is -2.28. The van der Waals surface area contributed by atoms with Gasteiger partial charge in [0, 0.05) is 29.7 Å². The minimum atomic E-state index is -0.776. The van der Waals surface area contributed by atoms with Crippen LogP contribution in [0.15, 0.2) is 65.0 Å². The zero-order valence-corrected chi connectivity index (χ0v) is 18.0. The van der Waals surface area contributed by atoms with Crippen molar-refractivity contribution >= 4 is 0 Å². The minimum Gasteiger partial charge on any atom is -0.493 e. The largest absolute Gasteiger partial charge is 0.493 e. The number of nitriles is 1. The van der Waals surface area contributed by atoms with Crippen molar-refractivity contribution in [1.29, 1.82) is 5.26 Å². The summed E-state index contributed by atoms with van der Waals surface area (Å²) in [5, 5.41) is 9.90. The second kappa shape index (κ2) is 8.47. The van der Waals surface area contributed by atoms with Gasteiger partial charge in [0.25, 0.3) is 5.56 Å². The molecule has 1 aliphatic rings. The molecular weight excluding hydrogens is 408 g/mol. The van der Waals surface area contributed by atoms with Crippen molar-refractivity contribution in [2.45, 2.75) is 19.4 Å². The fourth-order valence-corrected chi connectivity index (χ4v) is 4.01. The molecule has 0 unspecified atom stereocenters. The number of allylic oxidation sites excluding steroid dienone is 1. The highest BCUT2D eigenvalue weighted by Crippen LogP contribution is 2.46. The standard InChI is InChI=1S/C24H22N4O4/c1-14-10-19-21(24(29)28(14)13-15-6-5-9-27-12-15)20(17(11-25)23(26)32-19)16-7-4-8-18(30-2)22(16)31-3/h4-10,12,20H,13,26H2,1-3H3/t20-/m0/s1. The van der Waals surface area contributed by atoms with Crippen molar-refractivity contribution in [3.8, 4) is 23.3 Å². The highest BCUT2D eigenvalue weighted by atomic mass is 16.5. The van der Waals surface area contributed by atoms with Crippen molar-refractivity contribution < 1.29 is 14.2 Å². The topological polar surface area (TPSA) is 112 Å². The molecule has 0 aliphatic carbocycles. The number of fused-ring (bicyclic) bond motifs is 1. The van der Waals surface area contributed by atoms with E-state index < -0.39 is 5.92 Å². The minimum absolute atomic E-state index is 0.0429. The van der Waals surface area contributed by atoms with Gasteiger partial charge in [-0.25, -0.2) is 0 Å². The number of para-hydroxylation sites is 1. The van der Waals surface area contributed by atoms with Crippen LogP contribution in [0.4, 0.5) is 0 Å². The average Bonchev–Trinajstić information content (AvgIpc) is 2.81. The number of rotatable bonds is 5. The summed E-state index contributed by atoms with van der Waals surface area (Å²) in [6, 6.07) is 12.9. The number of nitrogens with two attached hydrogens (primary N) is 1. The van der Waals surface area contributed by atoms with Crippen LogP contribution in [0.2, 0.25) is 0 Å². The highest BCUT2D eigenvalue weighted by Gasteiger charge is 2.36. The number of hydrogen-bond donors (Lipinski definition) is 1. The fourth-order valence-electron chi connectivity index (χ4n) is 4.01. The van der Waals surface area contributed by atoms with Gasteiger partial charge in [-0.1, -0.05) is 18.2 Å². The van der Waals surface area contributed by atoms with Gasteiger partial charge in [0.05, 0.1) is 32.2 Å². The Balaban J connectivity index is 1.98. The van der Waals surface area contributed by atoms with E-state index in [0.29, 0.717) is 40.6 Å². The van der Waals surface area contributed by atoms with E-state index in [4.69, 9.17) is 19.9 Å². The molecule has 3 heterocycles. The number of pyridine rings is 2. The zero-order chi connectivity index (χ0) is 22.8. The molecule has 1 aromatic carbocycles.